The molecule has 0 saturated carbocycles. The lowest BCUT2D eigenvalue weighted by molar-refractivity contribution is -0.383. The lowest BCUT2D eigenvalue weighted by Gasteiger charge is -2.40. The van der Waals surface area contributed by atoms with Crippen molar-refractivity contribution in [3.05, 3.63) is 40.7 Å². The summed E-state index contributed by atoms with van der Waals surface area (Å²) in [5.74, 6) is 0. The van der Waals surface area contributed by atoms with Gasteiger partial charge in [0.25, 0.3) is 5.69 Å². The molecule has 0 amide bonds. The maximum Gasteiger partial charge on any atom is 0.278 e. The largest absolute Gasteiger partial charge is 0.365 e. The Labute approximate surface area is 122 Å². The van der Waals surface area contributed by atoms with Crippen molar-refractivity contribution in [2.24, 2.45) is 0 Å². The summed E-state index contributed by atoms with van der Waals surface area (Å²) in [7, 11) is 0. The molecule has 0 atom stereocenters. The van der Waals surface area contributed by atoms with Crippen LogP contribution in [0.5, 0.6) is 0 Å². The van der Waals surface area contributed by atoms with Gasteiger partial charge in [0, 0.05) is 49.2 Å². The van der Waals surface area contributed by atoms with Gasteiger partial charge in [-0.15, -0.1) is 0 Å². The van der Waals surface area contributed by atoms with Crippen LogP contribution in [0.25, 0.3) is 10.8 Å². The average molecular weight is 286 g/mol. The second-order valence-electron chi connectivity index (χ2n) is 5.29. The summed E-state index contributed by atoms with van der Waals surface area (Å²) >= 11 is 0. The van der Waals surface area contributed by atoms with Gasteiger partial charge in [-0.05, 0) is 18.6 Å². The van der Waals surface area contributed by atoms with E-state index in [9.17, 15) is 10.1 Å². The molecule has 6 heteroatoms. The van der Waals surface area contributed by atoms with Gasteiger partial charge in [0.05, 0.1) is 16.4 Å². The summed E-state index contributed by atoms with van der Waals surface area (Å²) in [6.07, 6.45) is 4.32. The Kier molecular flexibility index (Phi) is 3.70. The molecule has 0 spiro atoms. The first kappa shape index (κ1) is 13.8. The highest BCUT2D eigenvalue weighted by Crippen LogP contribution is 2.34. The quantitative estimate of drug-likeness (QED) is 0.674. The van der Waals surface area contributed by atoms with Gasteiger partial charge in [0.1, 0.15) is 0 Å². The van der Waals surface area contributed by atoms with Crippen LogP contribution in [0.15, 0.2) is 30.6 Å². The highest BCUT2D eigenvalue weighted by atomic mass is 16.6. The Bertz CT molecular complexity index is 670. The van der Waals surface area contributed by atoms with Gasteiger partial charge < -0.3 is 10.2 Å². The van der Waals surface area contributed by atoms with E-state index in [2.05, 4.69) is 22.1 Å². The summed E-state index contributed by atoms with van der Waals surface area (Å²) in [6.45, 7) is 5.02. The van der Waals surface area contributed by atoms with Gasteiger partial charge in [0.2, 0.25) is 0 Å². The minimum absolute atomic E-state index is 0.116. The van der Waals surface area contributed by atoms with Crippen molar-refractivity contribution >= 4 is 22.1 Å². The Balaban J connectivity index is 2.13. The smallest absolute Gasteiger partial charge is 0.278 e. The number of benzene rings is 1. The van der Waals surface area contributed by atoms with Gasteiger partial charge in [-0.2, -0.15) is 0 Å². The molecule has 2 heterocycles. The van der Waals surface area contributed by atoms with Gasteiger partial charge >= 0.3 is 0 Å². The van der Waals surface area contributed by atoms with Gasteiger partial charge in [-0.25, -0.2) is 0 Å². The monoisotopic (exact) mass is 286 g/mol. The number of non-ortho nitro benzene ring substituents is 1. The number of fused-ring (bicyclic) bond motifs is 1. The first-order valence-electron chi connectivity index (χ1n) is 7.21. The molecule has 1 aliphatic heterocycles. The second kappa shape index (κ2) is 5.65. The molecule has 1 aromatic carbocycles. The number of nitro benzene ring substituents is 1. The van der Waals surface area contributed by atoms with Crippen molar-refractivity contribution in [2.75, 3.05) is 24.5 Å². The number of pyridine rings is 1. The van der Waals surface area contributed by atoms with Crippen molar-refractivity contribution in [3.8, 4) is 0 Å². The predicted octanol–water partition coefficient (Wildman–Crippen LogP) is 2.33. The van der Waals surface area contributed by atoms with E-state index in [1.165, 1.54) is 0 Å². The number of aromatic nitrogens is 1. The van der Waals surface area contributed by atoms with Crippen molar-refractivity contribution in [1.29, 1.82) is 0 Å². The zero-order chi connectivity index (χ0) is 14.8. The third kappa shape index (κ3) is 2.42. The minimum Gasteiger partial charge on any atom is -0.365 e. The molecular weight excluding hydrogens is 268 g/mol. The third-order valence-electron chi connectivity index (χ3n) is 3.94. The number of nitro groups is 1. The lowest BCUT2D eigenvalue weighted by Crippen LogP contribution is -2.57. The second-order valence-corrected chi connectivity index (χ2v) is 5.29. The Morgan fingerprint density at radius 3 is 2.81 bits per heavy atom. The molecule has 3 rings (SSSR count). The molecule has 110 valence electrons. The SMILES string of the molecule is CCCN(c1ccc([N+](=O)[O-])c2cnccc12)C1CNC1. The zero-order valence-corrected chi connectivity index (χ0v) is 12.0. The Morgan fingerprint density at radius 1 is 1.38 bits per heavy atom. The molecule has 1 aromatic heterocycles. The normalized spacial score (nSPS) is 14.9. The van der Waals surface area contributed by atoms with E-state index >= 15 is 0 Å². The average Bonchev–Trinajstić information content (AvgIpc) is 2.43. The molecule has 1 aliphatic rings. The molecule has 1 saturated heterocycles. The van der Waals surface area contributed by atoms with E-state index in [0.717, 1.165) is 37.1 Å². The van der Waals surface area contributed by atoms with Crippen LogP contribution in [0.1, 0.15) is 13.3 Å². The van der Waals surface area contributed by atoms with E-state index in [-0.39, 0.29) is 10.6 Å². The summed E-state index contributed by atoms with van der Waals surface area (Å²) in [5.41, 5.74) is 1.18. The summed E-state index contributed by atoms with van der Waals surface area (Å²) in [6, 6.07) is 5.79. The Hall–Kier alpha value is -2.21. The number of hydrogen-bond acceptors (Lipinski definition) is 5. The first-order valence-corrected chi connectivity index (χ1v) is 7.21. The van der Waals surface area contributed by atoms with E-state index in [4.69, 9.17) is 0 Å². The van der Waals surface area contributed by atoms with Crippen LogP contribution in [0, 0.1) is 10.1 Å². The fraction of sp³-hybridized carbons (Fsp3) is 0.400. The molecule has 0 unspecified atom stereocenters. The molecule has 0 aliphatic carbocycles. The summed E-state index contributed by atoms with van der Waals surface area (Å²) in [5, 5.41) is 16.0. The fourth-order valence-electron chi connectivity index (χ4n) is 2.80. The maximum atomic E-state index is 11.2. The van der Waals surface area contributed by atoms with Crippen LogP contribution in [0.2, 0.25) is 0 Å². The van der Waals surface area contributed by atoms with Gasteiger partial charge in [0.15, 0.2) is 0 Å². The van der Waals surface area contributed by atoms with Crippen molar-refractivity contribution in [1.82, 2.24) is 10.3 Å². The number of anilines is 1. The van der Waals surface area contributed by atoms with Crippen molar-refractivity contribution in [3.63, 3.8) is 0 Å². The highest BCUT2D eigenvalue weighted by molar-refractivity contribution is 5.99. The van der Waals surface area contributed by atoms with Crippen molar-refractivity contribution in [2.45, 2.75) is 19.4 Å². The molecular formula is C15H18N4O2. The van der Waals surface area contributed by atoms with E-state index < -0.39 is 0 Å². The molecule has 1 N–H and O–H groups in total. The van der Waals surface area contributed by atoms with Crippen LogP contribution in [0.3, 0.4) is 0 Å². The maximum absolute atomic E-state index is 11.2. The first-order chi connectivity index (χ1) is 10.2. The van der Waals surface area contributed by atoms with E-state index in [1.807, 2.05) is 12.1 Å². The summed E-state index contributed by atoms with van der Waals surface area (Å²) in [4.78, 5) is 17.2. The predicted molar refractivity (Wildman–Crippen MR) is 82.7 cm³/mol. The topological polar surface area (TPSA) is 71.3 Å². The van der Waals surface area contributed by atoms with E-state index in [0.29, 0.717) is 11.4 Å². The zero-order valence-electron chi connectivity index (χ0n) is 12.0. The highest BCUT2D eigenvalue weighted by Gasteiger charge is 2.26. The van der Waals surface area contributed by atoms with Crippen LogP contribution >= 0.6 is 0 Å². The molecule has 1 fully saturated rings. The third-order valence-corrected chi connectivity index (χ3v) is 3.94. The standard InChI is InChI=1S/C15H18N4O2/c1-2-7-18(11-8-17-9-11)14-3-4-15(19(20)21)13-10-16-6-5-12(13)14/h3-6,10-11,17H,2,7-9H2,1H3. The molecule has 0 radical (unpaired) electrons. The summed E-state index contributed by atoms with van der Waals surface area (Å²) < 4.78 is 0. The van der Waals surface area contributed by atoms with Gasteiger partial charge in [-0.1, -0.05) is 6.92 Å². The van der Waals surface area contributed by atoms with Crippen molar-refractivity contribution < 1.29 is 4.92 Å². The molecule has 21 heavy (non-hydrogen) atoms. The molecule has 6 nitrogen and oxygen atoms in total. The number of hydrogen-bond donors (Lipinski definition) is 1. The lowest BCUT2D eigenvalue weighted by atomic mass is 10.0. The van der Waals surface area contributed by atoms with Crippen LogP contribution in [0.4, 0.5) is 11.4 Å². The van der Waals surface area contributed by atoms with E-state index in [1.54, 1.807) is 18.5 Å². The van der Waals surface area contributed by atoms with Gasteiger partial charge in [-0.3, -0.25) is 15.1 Å². The fourth-order valence-corrected chi connectivity index (χ4v) is 2.80. The number of rotatable bonds is 5. The van der Waals surface area contributed by atoms with Crippen LogP contribution < -0.4 is 10.2 Å². The Morgan fingerprint density at radius 2 is 2.19 bits per heavy atom. The van der Waals surface area contributed by atoms with Crippen LogP contribution in [-0.4, -0.2) is 35.6 Å². The molecule has 2 aromatic rings. The number of nitrogens with zero attached hydrogens (tertiary/aromatic N) is 3. The molecule has 0 bridgehead atoms. The minimum atomic E-state index is -0.344. The van der Waals surface area contributed by atoms with Crippen LogP contribution in [-0.2, 0) is 0 Å². The number of nitrogens with one attached hydrogen (secondary N) is 1.